The molecule has 2 saturated heterocycles. The lowest BCUT2D eigenvalue weighted by molar-refractivity contribution is -0.136. The van der Waals surface area contributed by atoms with Crippen LogP contribution in [0, 0.1) is 0 Å². The Labute approximate surface area is 165 Å². The van der Waals surface area contributed by atoms with E-state index in [4.69, 9.17) is 4.74 Å². The molecule has 1 amide bonds. The third-order valence-electron chi connectivity index (χ3n) is 5.91. The summed E-state index contributed by atoms with van der Waals surface area (Å²) in [6.07, 6.45) is 4.80. The number of ether oxygens (including phenoxy) is 1. The summed E-state index contributed by atoms with van der Waals surface area (Å²) in [4.78, 5) is 21.7. The maximum absolute atomic E-state index is 12.9. The molecule has 0 atom stereocenters. The van der Waals surface area contributed by atoms with Crippen LogP contribution in [-0.4, -0.2) is 72.5 Å². The molecule has 0 aliphatic carbocycles. The van der Waals surface area contributed by atoms with Gasteiger partial charge in [-0.2, -0.15) is 10.2 Å². The number of H-pyrrole nitrogens is 1. The number of hydrogen-bond acceptors (Lipinski definition) is 6. The normalized spacial score (nSPS) is 20.6. The molecule has 0 aromatic carbocycles. The molecule has 0 unspecified atom stereocenters. The summed E-state index contributed by atoms with van der Waals surface area (Å²) in [5.74, 6) is 1.94. The Hall–Kier alpha value is -2.26. The summed E-state index contributed by atoms with van der Waals surface area (Å²) in [6, 6.07) is 1.96. The monoisotopic (exact) mass is 387 g/mol. The number of likely N-dealkylation sites (tertiary alicyclic amines) is 1. The first-order chi connectivity index (χ1) is 13.6. The van der Waals surface area contributed by atoms with Crippen molar-refractivity contribution in [3.8, 4) is 0 Å². The molecular weight excluding hydrogens is 358 g/mol. The highest BCUT2D eigenvalue weighted by Gasteiger charge is 2.40. The lowest BCUT2D eigenvalue weighted by Crippen LogP contribution is -2.47. The SMILES string of the molecule is CCc1n[nH]c(CN2CCC3(CC2)CC(=O)N(Cc2ccnn2C)CCO3)n1. The van der Waals surface area contributed by atoms with E-state index in [1.807, 2.05) is 22.7 Å². The largest absolute Gasteiger partial charge is 0.373 e. The number of amides is 1. The molecular formula is C19H29N7O2. The molecule has 9 heteroatoms. The molecule has 1 spiro atoms. The van der Waals surface area contributed by atoms with E-state index in [-0.39, 0.29) is 11.5 Å². The Kier molecular flexibility index (Phi) is 5.45. The van der Waals surface area contributed by atoms with Crippen LogP contribution in [0.25, 0.3) is 0 Å². The molecule has 1 N–H and O–H groups in total. The van der Waals surface area contributed by atoms with Crippen LogP contribution in [0.2, 0.25) is 0 Å². The van der Waals surface area contributed by atoms with Crippen molar-refractivity contribution in [3.05, 3.63) is 29.6 Å². The predicted molar refractivity (Wildman–Crippen MR) is 102 cm³/mol. The van der Waals surface area contributed by atoms with Crippen LogP contribution < -0.4 is 0 Å². The van der Waals surface area contributed by atoms with Gasteiger partial charge in [-0.25, -0.2) is 4.98 Å². The van der Waals surface area contributed by atoms with Gasteiger partial charge in [0.15, 0.2) is 0 Å². The van der Waals surface area contributed by atoms with Crippen LogP contribution >= 0.6 is 0 Å². The highest BCUT2D eigenvalue weighted by Crippen LogP contribution is 2.33. The Bertz CT molecular complexity index is 807. The number of aromatic nitrogens is 5. The number of rotatable bonds is 5. The number of nitrogens with zero attached hydrogens (tertiary/aromatic N) is 6. The van der Waals surface area contributed by atoms with E-state index in [0.29, 0.717) is 26.1 Å². The van der Waals surface area contributed by atoms with Gasteiger partial charge in [0, 0.05) is 39.3 Å². The lowest BCUT2D eigenvalue weighted by atomic mass is 9.87. The van der Waals surface area contributed by atoms with Gasteiger partial charge in [0.05, 0.1) is 37.4 Å². The predicted octanol–water partition coefficient (Wildman–Crippen LogP) is 0.884. The van der Waals surface area contributed by atoms with Crippen LogP contribution in [-0.2, 0) is 36.1 Å². The van der Waals surface area contributed by atoms with Crippen molar-refractivity contribution in [2.24, 2.45) is 7.05 Å². The maximum atomic E-state index is 12.9. The number of aromatic amines is 1. The van der Waals surface area contributed by atoms with E-state index >= 15 is 0 Å². The first-order valence-corrected chi connectivity index (χ1v) is 10.1. The van der Waals surface area contributed by atoms with Gasteiger partial charge < -0.3 is 9.64 Å². The minimum absolute atomic E-state index is 0.176. The summed E-state index contributed by atoms with van der Waals surface area (Å²) in [7, 11) is 1.91. The molecule has 28 heavy (non-hydrogen) atoms. The van der Waals surface area contributed by atoms with E-state index in [9.17, 15) is 4.79 Å². The summed E-state index contributed by atoms with van der Waals surface area (Å²) < 4.78 is 8.07. The lowest BCUT2D eigenvalue weighted by Gasteiger charge is -2.40. The first-order valence-electron chi connectivity index (χ1n) is 10.1. The minimum Gasteiger partial charge on any atom is -0.373 e. The van der Waals surface area contributed by atoms with Crippen LogP contribution in [0.5, 0.6) is 0 Å². The molecule has 4 rings (SSSR count). The fourth-order valence-corrected chi connectivity index (χ4v) is 4.07. The number of carbonyl (C=O) groups excluding carboxylic acids is 1. The molecule has 4 heterocycles. The van der Waals surface area contributed by atoms with E-state index in [1.54, 1.807) is 6.20 Å². The topological polar surface area (TPSA) is 92.2 Å². The average Bonchev–Trinajstić information content (AvgIpc) is 3.28. The van der Waals surface area contributed by atoms with E-state index < -0.39 is 0 Å². The number of piperidine rings is 1. The fourth-order valence-electron chi connectivity index (χ4n) is 4.07. The van der Waals surface area contributed by atoms with Crippen molar-refractivity contribution < 1.29 is 9.53 Å². The summed E-state index contributed by atoms with van der Waals surface area (Å²) >= 11 is 0. The van der Waals surface area contributed by atoms with Gasteiger partial charge in [0.2, 0.25) is 5.91 Å². The standard InChI is InChI=1S/C19H29N7O2/c1-3-16-21-17(23-22-16)14-25-8-5-19(6-9-25)12-18(27)26(10-11-28-19)13-15-4-7-20-24(15)2/h4,7H,3,5-6,8-14H2,1-2H3,(H,21,22,23). The van der Waals surface area contributed by atoms with Crippen molar-refractivity contribution in [2.45, 2.75) is 51.3 Å². The second kappa shape index (κ2) is 8.00. The molecule has 2 aromatic heterocycles. The van der Waals surface area contributed by atoms with Gasteiger partial charge >= 0.3 is 0 Å². The Morgan fingerprint density at radius 1 is 1.25 bits per heavy atom. The third kappa shape index (κ3) is 4.10. The van der Waals surface area contributed by atoms with Gasteiger partial charge in [0.25, 0.3) is 0 Å². The molecule has 0 bridgehead atoms. The van der Waals surface area contributed by atoms with Crippen molar-refractivity contribution >= 4 is 5.91 Å². The summed E-state index contributed by atoms with van der Waals surface area (Å²) in [6.45, 7) is 6.43. The van der Waals surface area contributed by atoms with E-state index in [0.717, 1.165) is 56.2 Å². The van der Waals surface area contributed by atoms with E-state index in [1.165, 1.54) is 0 Å². The van der Waals surface area contributed by atoms with Crippen molar-refractivity contribution in [3.63, 3.8) is 0 Å². The van der Waals surface area contributed by atoms with Crippen molar-refractivity contribution in [1.82, 2.24) is 34.8 Å². The Morgan fingerprint density at radius 2 is 2.07 bits per heavy atom. The molecule has 0 radical (unpaired) electrons. The number of hydrogen-bond donors (Lipinski definition) is 1. The minimum atomic E-state index is -0.329. The number of aryl methyl sites for hydroxylation is 2. The Morgan fingerprint density at radius 3 is 2.75 bits per heavy atom. The second-order valence-electron chi connectivity index (χ2n) is 7.80. The highest BCUT2D eigenvalue weighted by molar-refractivity contribution is 5.77. The molecule has 2 fully saturated rings. The fraction of sp³-hybridized carbons (Fsp3) is 0.684. The Balaban J connectivity index is 1.33. The maximum Gasteiger partial charge on any atom is 0.225 e. The highest BCUT2D eigenvalue weighted by atomic mass is 16.5. The molecule has 2 aliphatic rings. The van der Waals surface area contributed by atoms with Crippen LogP contribution in [0.4, 0.5) is 0 Å². The van der Waals surface area contributed by atoms with Crippen LogP contribution in [0.3, 0.4) is 0 Å². The molecule has 2 aromatic rings. The van der Waals surface area contributed by atoms with Gasteiger partial charge in [-0.05, 0) is 18.9 Å². The van der Waals surface area contributed by atoms with Gasteiger partial charge in [-0.1, -0.05) is 6.92 Å². The van der Waals surface area contributed by atoms with Crippen LogP contribution in [0.15, 0.2) is 12.3 Å². The quantitative estimate of drug-likeness (QED) is 0.819. The average molecular weight is 387 g/mol. The van der Waals surface area contributed by atoms with Gasteiger partial charge in [-0.3, -0.25) is 19.5 Å². The third-order valence-corrected chi connectivity index (χ3v) is 5.91. The number of nitrogens with one attached hydrogen (secondary N) is 1. The second-order valence-corrected chi connectivity index (χ2v) is 7.80. The van der Waals surface area contributed by atoms with Crippen LogP contribution in [0.1, 0.15) is 43.5 Å². The van der Waals surface area contributed by atoms with Crippen molar-refractivity contribution in [2.75, 3.05) is 26.2 Å². The molecule has 152 valence electrons. The zero-order valence-electron chi connectivity index (χ0n) is 16.7. The van der Waals surface area contributed by atoms with E-state index in [2.05, 4.69) is 32.1 Å². The summed E-state index contributed by atoms with van der Waals surface area (Å²) in [5.41, 5.74) is 0.711. The molecule has 0 saturated carbocycles. The zero-order chi connectivity index (χ0) is 19.6. The number of carbonyl (C=O) groups is 1. The molecule has 9 nitrogen and oxygen atoms in total. The smallest absolute Gasteiger partial charge is 0.225 e. The van der Waals surface area contributed by atoms with Crippen molar-refractivity contribution in [1.29, 1.82) is 0 Å². The molecule has 2 aliphatic heterocycles. The van der Waals surface area contributed by atoms with Gasteiger partial charge in [0.1, 0.15) is 11.6 Å². The zero-order valence-corrected chi connectivity index (χ0v) is 16.7. The summed E-state index contributed by atoms with van der Waals surface area (Å²) in [5, 5.41) is 11.4. The van der Waals surface area contributed by atoms with Gasteiger partial charge in [-0.15, -0.1) is 0 Å². The first kappa shape index (κ1) is 19.1.